The van der Waals surface area contributed by atoms with Crippen LogP contribution in [0.2, 0.25) is 0 Å². The molecular weight excluding hydrogens is 312 g/mol. The van der Waals surface area contributed by atoms with E-state index in [0.717, 1.165) is 0 Å². The summed E-state index contributed by atoms with van der Waals surface area (Å²) in [5, 5.41) is 21.2. The van der Waals surface area contributed by atoms with Crippen LogP contribution in [0.25, 0.3) is 12.2 Å². The monoisotopic (exact) mass is 326 g/mol. The molecule has 2 rings (SSSR count). The van der Waals surface area contributed by atoms with E-state index in [4.69, 9.17) is 11.5 Å². The molecular formula is C16H14N4O4. The molecule has 0 bridgehead atoms. The second kappa shape index (κ2) is 7.05. The number of rotatable bonds is 5. The fraction of sp³-hybridized carbons (Fsp3) is 0. The molecule has 0 aliphatic heterocycles. The fourth-order valence-electron chi connectivity index (χ4n) is 1.91. The van der Waals surface area contributed by atoms with E-state index in [-0.39, 0.29) is 22.8 Å². The number of hydrogen-bond donors (Lipinski definition) is 2. The van der Waals surface area contributed by atoms with Gasteiger partial charge in [0.2, 0.25) is 0 Å². The van der Waals surface area contributed by atoms with Crippen LogP contribution in [0.1, 0.15) is 11.1 Å². The minimum atomic E-state index is -0.486. The van der Waals surface area contributed by atoms with E-state index in [0.29, 0.717) is 11.1 Å². The topological polar surface area (TPSA) is 138 Å². The van der Waals surface area contributed by atoms with Gasteiger partial charge >= 0.3 is 0 Å². The highest BCUT2D eigenvalue weighted by molar-refractivity contribution is 5.65. The molecule has 8 nitrogen and oxygen atoms in total. The van der Waals surface area contributed by atoms with Gasteiger partial charge in [-0.05, 0) is 47.5 Å². The summed E-state index contributed by atoms with van der Waals surface area (Å²) in [6.07, 6.45) is 3.17. The first-order valence-corrected chi connectivity index (χ1v) is 6.80. The summed E-state index contributed by atoms with van der Waals surface area (Å²) in [5.74, 6) is 0. The molecule has 4 N–H and O–H groups in total. The van der Waals surface area contributed by atoms with Crippen molar-refractivity contribution in [3.8, 4) is 0 Å². The van der Waals surface area contributed by atoms with Crippen LogP contribution in [0.5, 0.6) is 0 Å². The van der Waals surface area contributed by atoms with E-state index in [1.807, 2.05) is 0 Å². The molecule has 0 saturated carbocycles. The molecule has 24 heavy (non-hydrogen) atoms. The smallest absolute Gasteiger partial charge is 0.269 e. The Morgan fingerprint density at radius 2 is 1.00 bits per heavy atom. The Hall–Kier alpha value is -3.68. The average molecular weight is 326 g/mol. The standard InChI is InChI=1S/C16H14N4O4/c17-15(9-11-1-5-13(6-2-11)19(21)22)16(18)10-12-3-7-14(8-4-12)20(23)24/h1-10H,17-18H2. The average Bonchev–Trinajstić information content (AvgIpc) is 2.55. The van der Waals surface area contributed by atoms with Crippen molar-refractivity contribution in [3.63, 3.8) is 0 Å². The molecule has 122 valence electrons. The van der Waals surface area contributed by atoms with E-state index in [1.54, 1.807) is 36.4 Å². The molecule has 0 unspecified atom stereocenters. The zero-order chi connectivity index (χ0) is 17.7. The Labute approximate surface area is 137 Å². The van der Waals surface area contributed by atoms with E-state index >= 15 is 0 Å². The highest BCUT2D eigenvalue weighted by Gasteiger charge is 2.05. The van der Waals surface area contributed by atoms with Gasteiger partial charge in [-0.25, -0.2) is 0 Å². The highest BCUT2D eigenvalue weighted by Crippen LogP contribution is 2.17. The van der Waals surface area contributed by atoms with Crippen molar-refractivity contribution in [2.75, 3.05) is 0 Å². The van der Waals surface area contributed by atoms with Crippen LogP contribution >= 0.6 is 0 Å². The molecule has 0 spiro atoms. The lowest BCUT2D eigenvalue weighted by Crippen LogP contribution is -2.08. The number of nitro benzene ring substituents is 2. The summed E-state index contributed by atoms with van der Waals surface area (Å²) >= 11 is 0. The molecule has 0 aliphatic rings. The lowest BCUT2D eigenvalue weighted by atomic mass is 10.1. The predicted octanol–water partition coefficient (Wildman–Crippen LogP) is 2.80. The molecule has 0 radical (unpaired) electrons. The first-order chi connectivity index (χ1) is 11.4. The maximum absolute atomic E-state index is 10.6. The minimum Gasteiger partial charge on any atom is -0.397 e. The van der Waals surface area contributed by atoms with E-state index in [9.17, 15) is 20.2 Å². The molecule has 0 aliphatic carbocycles. The molecule has 0 saturated heterocycles. The van der Waals surface area contributed by atoms with Gasteiger partial charge in [0.15, 0.2) is 0 Å². The van der Waals surface area contributed by atoms with E-state index < -0.39 is 9.85 Å². The second-order valence-corrected chi connectivity index (χ2v) is 4.90. The summed E-state index contributed by atoms with van der Waals surface area (Å²) in [4.78, 5) is 20.2. The Bertz CT molecular complexity index is 753. The lowest BCUT2D eigenvalue weighted by Gasteiger charge is -2.03. The van der Waals surface area contributed by atoms with Crippen LogP contribution in [-0.2, 0) is 0 Å². The molecule has 0 aromatic heterocycles. The molecule has 0 amide bonds. The molecule has 2 aromatic carbocycles. The Balaban J connectivity index is 2.19. The summed E-state index contributed by atoms with van der Waals surface area (Å²) in [5.41, 5.74) is 13.7. The van der Waals surface area contributed by atoms with Gasteiger partial charge in [0.25, 0.3) is 11.4 Å². The van der Waals surface area contributed by atoms with Gasteiger partial charge in [0.1, 0.15) is 0 Å². The van der Waals surface area contributed by atoms with Gasteiger partial charge in [-0.2, -0.15) is 0 Å². The number of nitrogens with zero attached hydrogens (tertiary/aromatic N) is 2. The number of hydrogen-bond acceptors (Lipinski definition) is 6. The van der Waals surface area contributed by atoms with Crippen LogP contribution < -0.4 is 11.5 Å². The molecule has 0 atom stereocenters. The van der Waals surface area contributed by atoms with Crippen LogP contribution in [0, 0.1) is 20.2 Å². The number of nitrogens with two attached hydrogens (primary N) is 2. The first-order valence-electron chi connectivity index (χ1n) is 6.80. The molecule has 0 heterocycles. The third kappa shape index (κ3) is 4.17. The highest BCUT2D eigenvalue weighted by atomic mass is 16.6. The summed E-state index contributed by atoms with van der Waals surface area (Å²) in [6.45, 7) is 0. The van der Waals surface area contributed by atoms with Crippen molar-refractivity contribution < 1.29 is 9.85 Å². The van der Waals surface area contributed by atoms with Gasteiger partial charge in [0.05, 0.1) is 21.2 Å². The van der Waals surface area contributed by atoms with Gasteiger partial charge < -0.3 is 11.5 Å². The molecule has 0 fully saturated rings. The molecule has 2 aromatic rings. The van der Waals surface area contributed by atoms with Crippen molar-refractivity contribution in [1.82, 2.24) is 0 Å². The first kappa shape index (κ1) is 16.7. The van der Waals surface area contributed by atoms with Gasteiger partial charge in [0, 0.05) is 24.3 Å². The van der Waals surface area contributed by atoms with Crippen molar-refractivity contribution in [2.45, 2.75) is 0 Å². The maximum Gasteiger partial charge on any atom is 0.269 e. The van der Waals surface area contributed by atoms with Crippen LogP contribution in [0.4, 0.5) is 11.4 Å². The van der Waals surface area contributed by atoms with Crippen LogP contribution in [0.15, 0.2) is 59.9 Å². The van der Waals surface area contributed by atoms with E-state index in [2.05, 4.69) is 0 Å². The van der Waals surface area contributed by atoms with Crippen molar-refractivity contribution in [3.05, 3.63) is 91.3 Å². The quantitative estimate of drug-likeness (QED) is 0.492. The summed E-state index contributed by atoms with van der Waals surface area (Å²) in [7, 11) is 0. The van der Waals surface area contributed by atoms with Gasteiger partial charge in [-0.3, -0.25) is 20.2 Å². The SMILES string of the molecule is NC(=Cc1ccc([N+](=O)[O-])cc1)C(N)=Cc1ccc([N+](=O)[O-])cc1. The van der Waals surface area contributed by atoms with Gasteiger partial charge in [-0.1, -0.05) is 0 Å². The number of nitro groups is 2. The van der Waals surface area contributed by atoms with Gasteiger partial charge in [-0.15, -0.1) is 0 Å². The predicted molar refractivity (Wildman–Crippen MR) is 90.5 cm³/mol. The summed E-state index contributed by atoms with van der Waals surface area (Å²) < 4.78 is 0. The zero-order valence-electron chi connectivity index (χ0n) is 12.5. The van der Waals surface area contributed by atoms with E-state index in [1.165, 1.54) is 24.3 Å². The summed E-state index contributed by atoms with van der Waals surface area (Å²) in [6, 6.07) is 11.7. The second-order valence-electron chi connectivity index (χ2n) is 4.90. The molecule has 8 heteroatoms. The van der Waals surface area contributed by atoms with Crippen molar-refractivity contribution >= 4 is 23.5 Å². The zero-order valence-corrected chi connectivity index (χ0v) is 12.5. The third-order valence-electron chi connectivity index (χ3n) is 3.19. The van der Waals surface area contributed by atoms with Crippen LogP contribution in [0.3, 0.4) is 0 Å². The van der Waals surface area contributed by atoms with Crippen LogP contribution in [-0.4, -0.2) is 9.85 Å². The normalized spacial score (nSPS) is 12.0. The Morgan fingerprint density at radius 3 is 1.25 bits per heavy atom. The maximum atomic E-state index is 10.6. The minimum absolute atomic E-state index is 0.0138. The van der Waals surface area contributed by atoms with Crippen molar-refractivity contribution in [1.29, 1.82) is 0 Å². The Morgan fingerprint density at radius 1 is 0.708 bits per heavy atom. The number of benzene rings is 2. The number of non-ortho nitro benzene ring substituents is 2. The third-order valence-corrected chi connectivity index (χ3v) is 3.19. The Kier molecular flexibility index (Phi) is 4.90. The van der Waals surface area contributed by atoms with Crippen molar-refractivity contribution in [2.24, 2.45) is 11.5 Å². The fourth-order valence-corrected chi connectivity index (χ4v) is 1.91. The lowest BCUT2D eigenvalue weighted by molar-refractivity contribution is -0.385. The largest absolute Gasteiger partial charge is 0.397 e.